The van der Waals surface area contributed by atoms with Crippen LogP contribution in [0.25, 0.3) is 64.6 Å². The van der Waals surface area contributed by atoms with E-state index in [1.165, 1.54) is 0 Å². The minimum absolute atomic E-state index is 0.438. The summed E-state index contributed by atoms with van der Waals surface area (Å²) in [6.07, 6.45) is 0. The Balaban J connectivity index is 0.968. The maximum absolute atomic E-state index is 6.62. The lowest BCUT2D eigenvalue weighted by Gasteiger charge is -2.17. The molecule has 0 saturated carbocycles. The van der Waals surface area contributed by atoms with E-state index in [1.54, 1.807) is 0 Å². The first-order chi connectivity index (χ1) is 44.5. The third kappa shape index (κ3) is 8.18. The van der Waals surface area contributed by atoms with Crippen LogP contribution in [-0.2, 0) is 0 Å². The second kappa shape index (κ2) is 20.1. The Morgan fingerprint density at radius 3 is 0.433 bits per heavy atom. The maximum atomic E-state index is 6.62. The summed E-state index contributed by atoms with van der Waals surface area (Å²) in [5.74, 6) is 5.06. The predicted molar refractivity (Wildman–Crippen MR) is 355 cm³/mol. The fourth-order valence-corrected chi connectivity index (χ4v) is 14.6. The summed E-state index contributed by atoms with van der Waals surface area (Å²) in [6, 6.07) is 93.6. The molecule has 0 N–H and O–H groups in total. The molecule has 90 heavy (non-hydrogen) atoms. The van der Waals surface area contributed by atoms with Crippen LogP contribution in [0.4, 0.5) is 0 Å². The van der Waals surface area contributed by atoms with Crippen molar-refractivity contribution in [3.8, 4) is 34.5 Å². The van der Waals surface area contributed by atoms with E-state index in [0.29, 0.717) is 39.6 Å². The van der Waals surface area contributed by atoms with Gasteiger partial charge in [0.05, 0.1) is 0 Å². The van der Waals surface area contributed by atoms with E-state index in [2.05, 4.69) is 255 Å². The van der Waals surface area contributed by atoms with Crippen molar-refractivity contribution in [3.05, 3.63) is 349 Å². The summed E-state index contributed by atoms with van der Waals surface area (Å²) < 4.78 is 39.7. The van der Waals surface area contributed by atoms with Crippen LogP contribution in [0.2, 0.25) is 0 Å². The molecule has 0 saturated heterocycles. The smallest absolute Gasteiger partial charge is 0.128 e. The molecule has 0 aromatic heterocycles. The van der Waals surface area contributed by atoms with Gasteiger partial charge in [0.15, 0.2) is 0 Å². The summed E-state index contributed by atoms with van der Waals surface area (Å²) in [5, 5.41) is 33.0. The van der Waals surface area contributed by atoms with E-state index < -0.39 is 0 Å². The summed E-state index contributed by atoms with van der Waals surface area (Å²) in [7, 11) is 0. The van der Waals surface area contributed by atoms with Gasteiger partial charge < -0.3 is 28.4 Å². The van der Waals surface area contributed by atoms with Crippen LogP contribution >= 0.6 is 0 Å². The van der Waals surface area contributed by atoms with Crippen molar-refractivity contribution in [1.82, 2.24) is 0 Å². The standard InChI is InChI=1S/C84H54O6/c1-2-50-4-3-49(1)61-19-13-55-25-31-73-79(67(55)43-61)81-69-45-63(21-15-57(69)27-33-75(81)87-38-37-85-73)51-5-7-53(8-6-51)65-23-17-59-29-35-77-83(71(59)47-65)84-72-48-66(24-18-60(72)30-36-78(84)90-42-41-89-77)54-11-9-52(10-12-54)64-22-16-58-28-34-76-82(70(58)46-64)80-68-44-62(50)20-14-56(68)26-32-74(80)86-39-40-88-76/h1-36,43-48H,37-42H2. The van der Waals surface area contributed by atoms with Gasteiger partial charge in [-0.2, -0.15) is 0 Å². The van der Waals surface area contributed by atoms with E-state index in [4.69, 9.17) is 28.4 Å². The van der Waals surface area contributed by atoms with E-state index >= 15 is 0 Å². The van der Waals surface area contributed by atoms with Gasteiger partial charge >= 0.3 is 0 Å². The molecule has 426 valence electrons. The minimum Gasteiger partial charge on any atom is -0.489 e. The molecule has 15 aromatic rings. The molecule has 0 amide bonds. The molecule has 0 fully saturated rings. The van der Waals surface area contributed by atoms with Crippen molar-refractivity contribution in [1.29, 1.82) is 0 Å². The van der Waals surface area contributed by atoms with Gasteiger partial charge in [-0.05, 0) is 200 Å². The number of hydrogen-bond donors (Lipinski definition) is 0. The van der Waals surface area contributed by atoms with Gasteiger partial charge in [-0.25, -0.2) is 0 Å². The Kier molecular flexibility index (Phi) is 11.3. The molecular weight excluding hydrogens is 1100 g/mol. The van der Waals surface area contributed by atoms with Crippen LogP contribution in [0.3, 0.4) is 0 Å². The molecule has 18 bridgehead atoms. The first-order valence-electron chi connectivity index (χ1n) is 31.1. The van der Waals surface area contributed by atoms with Gasteiger partial charge in [0, 0.05) is 31.3 Å². The molecular formula is C84H54O6. The third-order valence-corrected chi connectivity index (χ3v) is 19.1. The fourth-order valence-electron chi connectivity index (χ4n) is 14.6. The highest BCUT2D eigenvalue weighted by molar-refractivity contribution is 5.93. The van der Waals surface area contributed by atoms with E-state index in [9.17, 15) is 0 Å². The SMILES string of the molecule is c1cc2ccc3cc2c2c1OCCOc1ccc4ccc(cc4c1=2)=c1ccc(cc1)=c1ccc2ccc4c(c2c1)=c1c(ccc2ccc(cc12)=c1ccc(cc1)=c1ccc2ccc5c(c2c1)=c1c(ccc2ccc(cc12)=c1ccc=3cc1)OCCO5)OCCO4. The van der Waals surface area contributed by atoms with Gasteiger partial charge in [0.1, 0.15) is 74.1 Å². The summed E-state index contributed by atoms with van der Waals surface area (Å²) in [6.45, 7) is 2.63. The zero-order valence-corrected chi connectivity index (χ0v) is 48.9. The van der Waals surface area contributed by atoms with Gasteiger partial charge in [0.2, 0.25) is 0 Å². The van der Waals surface area contributed by atoms with Gasteiger partial charge in [-0.15, -0.1) is 0 Å². The second-order valence-electron chi connectivity index (χ2n) is 24.1. The van der Waals surface area contributed by atoms with Crippen LogP contribution in [0.1, 0.15) is 0 Å². The van der Waals surface area contributed by atoms with E-state index in [1.807, 2.05) is 0 Å². The normalized spacial score (nSPS) is 13.6. The van der Waals surface area contributed by atoms with E-state index in [0.717, 1.165) is 193 Å². The van der Waals surface area contributed by atoms with Crippen LogP contribution in [-0.4, -0.2) is 39.6 Å². The molecule has 0 spiro atoms. The lowest BCUT2D eigenvalue weighted by molar-refractivity contribution is 0.212. The molecule has 0 unspecified atom stereocenters. The molecule has 15 aromatic carbocycles. The Morgan fingerprint density at radius 1 is 0.144 bits per heavy atom. The Labute approximate surface area is 513 Å². The number of rotatable bonds is 0. The van der Waals surface area contributed by atoms with Gasteiger partial charge in [0.25, 0.3) is 0 Å². The van der Waals surface area contributed by atoms with Gasteiger partial charge in [-0.1, -0.05) is 182 Å². The summed E-state index contributed by atoms with van der Waals surface area (Å²) >= 11 is 0. The molecule has 3 aliphatic heterocycles. The molecule has 4 aliphatic carbocycles. The number of hydrogen-bond acceptors (Lipinski definition) is 6. The van der Waals surface area contributed by atoms with E-state index in [-0.39, 0.29) is 0 Å². The highest BCUT2D eigenvalue weighted by Crippen LogP contribution is 2.37. The van der Waals surface area contributed by atoms with Gasteiger partial charge in [-0.3, -0.25) is 0 Å². The van der Waals surface area contributed by atoms with Crippen molar-refractivity contribution in [2.24, 2.45) is 0 Å². The lowest BCUT2D eigenvalue weighted by Crippen LogP contribution is -2.12. The van der Waals surface area contributed by atoms with Crippen LogP contribution < -0.4 is 28.4 Å². The number of benzene rings is 15. The quantitative estimate of drug-likeness (QED) is 0.151. The van der Waals surface area contributed by atoms with Crippen LogP contribution in [0.15, 0.2) is 255 Å². The average Bonchev–Trinajstić information content (AvgIpc) is 1.17. The summed E-state index contributed by atoms with van der Waals surface area (Å²) in [4.78, 5) is 0. The first-order valence-corrected chi connectivity index (χ1v) is 31.1. The minimum atomic E-state index is 0.438. The molecule has 6 nitrogen and oxygen atoms in total. The first kappa shape index (κ1) is 50.8. The predicted octanol–water partition coefficient (Wildman–Crippen LogP) is 17.8. The maximum Gasteiger partial charge on any atom is 0.128 e. The average molecular weight is 1160 g/mol. The monoisotopic (exact) mass is 1160 g/mol. The molecule has 6 heteroatoms. The molecule has 7 aliphatic rings. The lowest BCUT2D eigenvalue weighted by atomic mass is 9.98. The number of fused-ring (bicyclic) bond motifs is 3. The van der Waals surface area contributed by atoms with Crippen molar-refractivity contribution in [2.45, 2.75) is 0 Å². The fraction of sp³-hybridized carbons (Fsp3) is 0.0714. The van der Waals surface area contributed by atoms with Crippen molar-refractivity contribution >= 4 is 64.6 Å². The topological polar surface area (TPSA) is 55.4 Å². The molecule has 0 radical (unpaired) electrons. The van der Waals surface area contributed by atoms with Crippen molar-refractivity contribution in [3.63, 3.8) is 0 Å². The highest BCUT2D eigenvalue weighted by Gasteiger charge is 2.18. The Hall–Kier alpha value is -11.3. The van der Waals surface area contributed by atoms with Crippen molar-refractivity contribution < 1.29 is 28.4 Å². The molecule has 22 rings (SSSR count). The zero-order chi connectivity index (χ0) is 59.0. The zero-order valence-electron chi connectivity index (χ0n) is 48.9. The summed E-state index contributed by atoms with van der Waals surface area (Å²) in [5.41, 5.74) is 0. The number of ether oxygens (including phenoxy) is 6. The largest absolute Gasteiger partial charge is 0.489 e. The van der Waals surface area contributed by atoms with Crippen LogP contribution in [0, 0.1) is 93.9 Å². The molecule has 3 heterocycles. The highest BCUT2D eigenvalue weighted by atomic mass is 16.5. The second-order valence-corrected chi connectivity index (χ2v) is 24.1. The van der Waals surface area contributed by atoms with Crippen LogP contribution in [0.5, 0.6) is 34.5 Å². The molecule has 0 atom stereocenters. The third-order valence-electron chi connectivity index (χ3n) is 19.1. The van der Waals surface area contributed by atoms with Crippen molar-refractivity contribution in [2.75, 3.05) is 39.6 Å². The Bertz CT molecular complexity index is 5580. The Morgan fingerprint density at radius 2 is 0.278 bits per heavy atom.